The van der Waals surface area contributed by atoms with E-state index < -0.39 is 0 Å². The van der Waals surface area contributed by atoms with Crippen LogP contribution in [0.1, 0.15) is 32.6 Å². The van der Waals surface area contributed by atoms with Crippen molar-refractivity contribution in [3.05, 3.63) is 0 Å². The lowest BCUT2D eigenvalue weighted by Crippen LogP contribution is -1.98. The zero-order valence-electron chi connectivity index (χ0n) is 7.34. The molecule has 0 saturated carbocycles. The molecule has 1 atom stereocenters. The minimum Gasteiger partial charge on any atom is -0.381 e. The maximum Gasteiger partial charge on any atom is 0.0810 e. The van der Waals surface area contributed by atoms with Crippen LogP contribution in [0, 0.1) is 0 Å². The zero-order chi connectivity index (χ0) is 7.94. The van der Waals surface area contributed by atoms with E-state index in [9.17, 15) is 0 Å². The van der Waals surface area contributed by atoms with Gasteiger partial charge in [0, 0.05) is 13.2 Å². The minimum atomic E-state index is 0.574. The molecule has 0 radical (unpaired) electrons. The van der Waals surface area contributed by atoms with Gasteiger partial charge in [-0.05, 0) is 19.3 Å². The summed E-state index contributed by atoms with van der Waals surface area (Å²) in [5, 5.41) is 0. The van der Waals surface area contributed by atoms with Crippen molar-refractivity contribution in [3.63, 3.8) is 0 Å². The van der Waals surface area contributed by atoms with Crippen molar-refractivity contribution in [1.82, 2.24) is 0 Å². The van der Waals surface area contributed by atoms with Crippen LogP contribution in [0.5, 0.6) is 0 Å². The van der Waals surface area contributed by atoms with E-state index in [4.69, 9.17) is 9.47 Å². The first-order chi connectivity index (χ1) is 5.43. The maximum absolute atomic E-state index is 5.40. The second-order valence-electron chi connectivity index (χ2n) is 3.06. The molecule has 1 aliphatic heterocycles. The second-order valence-corrected chi connectivity index (χ2v) is 3.06. The number of epoxide rings is 1. The van der Waals surface area contributed by atoms with Gasteiger partial charge in [0.2, 0.25) is 0 Å². The molecule has 2 heteroatoms. The van der Waals surface area contributed by atoms with Gasteiger partial charge in [-0.1, -0.05) is 13.3 Å². The Morgan fingerprint density at radius 3 is 2.73 bits per heavy atom. The molecule has 0 aliphatic carbocycles. The van der Waals surface area contributed by atoms with Crippen molar-refractivity contribution < 1.29 is 9.47 Å². The summed E-state index contributed by atoms with van der Waals surface area (Å²) >= 11 is 0. The first kappa shape index (κ1) is 9.01. The molecular formula is C9H18O2. The van der Waals surface area contributed by atoms with Crippen molar-refractivity contribution in [2.75, 3.05) is 19.8 Å². The summed E-state index contributed by atoms with van der Waals surface area (Å²) < 4.78 is 10.5. The van der Waals surface area contributed by atoms with Gasteiger partial charge in [-0.2, -0.15) is 0 Å². The average molecular weight is 158 g/mol. The van der Waals surface area contributed by atoms with Crippen LogP contribution in [-0.4, -0.2) is 25.9 Å². The van der Waals surface area contributed by atoms with Crippen LogP contribution in [-0.2, 0) is 9.47 Å². The molecule has 1 aliphatic rings. The van der Waals surface area contributed by atoms with Gasteiger partial charge in [-0.25, -0.2) is 0 Å². The van der Waals surface area contributed by atoms with Gasteiger partial charge in [-0.3, -0.25) is 0 Å². The smallest absolute Gasteiger partial charge is 0.0810 e. The fourth-order valence-corrected chi connectivity index (χ4v) is 0.996. The molecule has 1 rings (SSSR count). The Morgan fingerprint density at radius 2 is 2.09 bits per heavy atom. The molecule has 11 heavy (non-hydrogen) atoms. The monoisotopic (exact) mass is 158 g/mol. The quantitative estimate of drug-likeness (QED) is 0.417. The number of unbranched alkanes of at least 4 members (excludes halogenated alkanes) is 1. The van der Waals surface area contributed by atoms with Gasteiger partial charge >= 0.3 is 0 Å². The molecule has 0 N–H and O–H groups in total. The fourth-order valence-electron chi connectivity index (χ4n) is 0.996. The van der Waals surface area contributed by atoms with E-state index in [1.807, 2.05) is 0 Å². The Bertz CT molecular complexity index is 89.6. The lowest BCUT2D eigenvalue weighted by atomic mass is 10.2. The highest BCUT2D eigenvalue weighted by Gasteiger charge is 2.20. The van der Waals surface area contributed by atoms with E-state index in [0.717, 1.165) is 26.2 Å². The highest BCUT2D eigenvalue weighted by Crippen LogP contribution is 2.14. The Hall–Kier alpha value is -0.0800. The number of ether oxygens (including phenoxy) is 2. The molecule has 0 aromatic rings. The predicted octanol–water partition coefficient (Wildman–Crippen LogP) is 1.98. The van der Waals surface area contributed by atoms with Crippen LogP contribution in [0.15, 0.2) is 0 Å². The topological polar surface area (TPSA) is 21.8 Å². The van der Waals surface area contributed by atoms with Crippen molar-refractivity contribution in [2.45, 2.75) is 38.7 Å². The van der Waals surface area contributed by atoms with Crippen LogP contribution >= 0.6 is 0 Å². The third-order valence-corrected chi connectivity index (χ3v) is 1.86. The van der Waals surface area contributed by atoms with Crippen LogP contribution in [0.3, 0.4) is 0 Å². The highest BCUT2D eigenvalue weighted by atomic mass is 16.6. The van der Waals surface area contributed by atoms with Crippen LogP contribution in [0.25, 0.3) is 0 Å². The van der Waals surface area contributed by atoms with Crippen LogP contribution in [0.2, 0.25) is 0 Å². The lowest BCUT2D eigenvalue weighted by Gasteiger charge is -2.00. The van der Waals surface area contributed by atoms with E-state index >= 15 is 0 Å². The maximum atomic E-state index is 5.40. The summed E-state index contributed by atoms with van der Waals surface area (Å²) in [7, 11) is 0. The molecule has 1 heterocycles. The molecule has 66 valence electrons. The molecule has 1 saturated heterocycles. The van der Waals surface area contributed by atoms with Crippen molar-refractivity contribution in [3.8, 4) is 0 Å². The standard InChI is InChI=1S/C9H18O2/c1-2-3-6-10-7-4-5-9-8-11-9/h9H,2-8H2,1H3. The number of hydrogen-bond acceptors (Lipinski definition) is 2. The van der Waals surface area contributed by atoms with E-state index in [1.165, 1.54) is 19.3 Å². The molecule has 0 bridgehead atoms. The Morgan fingerprint density at radius 1 is 1.36 bits per heavy atom. The molecule has 2 nitrogen and oxygen atoms in total. The third-order valence-electron chi connectivity index (χ3n) is 1.86. The second kappa shape index (κ2) is 5.56. The van der Waals surface area contributed by atoms with E-state index in [0.29, 0.717) is 6.10 Å². The molecular weight excluding hydrogens is 140 g/mol. The molecule has 1 fully saturated rings. The summed E-state index contributed by atoms with van der Waals surface area (Å²) in [6, 6.07) is 0. The molecule has 0 amide bonds. The van der Waals surface area contributed by atoms with Crippen molar-refractivity contribution in [2.24, 2.45) is 0 Å². The normalized spacial score (nSPS) is 22.1. The van der Waals surface area contributed by atoms with Crippen molar-refractivity contribution >= 4 is 0 Å². The van der Waals surface area contributed by atoms with Gasteiger partial charge in [0.1, 0.15) is 0 Å². The van der Waals surface area contributed by atoms with Gasteiger partial charge < -0.3 is 9.47 Å². The SMILES string of the molecule is CCCCOCCCC1CO1. The molecule has 0 aromatic heterocycles. The van der Waals surface area contributed by atoms with Crippen LogP contribution in [0.4, 0.5) is 0 Å². The third kappa shape index (κ3) is 5.22. The van der Waals surface area contributed by atoms with E-state index in [1.54, 1.807) is 0 Å². The van der Waals surface area contributed by atoms with E-state index in [2.05, 4.69) is 6.92 Å². The number of rotatable bonds is 7. The molecule has 0 aromatic carbocycles. The van der Waals surface area contributed by atoms with Gasteiger partial charge in [0.05, 0.1) is 12.7 Å². The lowest BCUT2D eigenvalue weighted by molar-refractivity contribution is 0.126. The van der Waals surface area contributed by atoms with Gasteiger partial charge in [0.25, 0.3) is 0 Å². The van der Waals surface area contributed by atoms with Gasteiger partial charge in [0.15, 0.2) is 0 Å². The minimum absolute atomic E-state index is 0.574. The van der Waals surface area contributed by atoms with Crippen LogP contribution < -0.4 is 0 Å². The fraction of sp³-hybridized carbons (Fsp3) is 1.00. The Kier molecular flexibility index (Phi) is 4.55. The number of hydrogen-bond donors (Lipinski definition) is 0. The average Bonchev–Trinajstić information content (AvgIpc) is 2.80. The van der Waals surface area contributed by atoms with Gasteiger partial charge in [-0.15, -0.1) is 0 Å². The molecule has 1 unspecified atom stereocenters. The van der Waals surface area contributed by atoms with Crippen molar-refractivity contribution in [1.29, 1.82) is 0 Å². The summed E-state index contributed by atoms with van der Waals surface area (Å²) in [4.78, 5) is 0. The first-order valence-corrected chi connectivity index (χ1v) is 4.63. The van der Waals surface area contributed by atoms with E-state index in [-0.39, 0.29) is 0 Å². The summed E-state index contributed by atoms with van der Waals surface area (Å²) in [5.41, 5.74) is 0. The summed E-state index contributed by atoms with van der Waals surface area (Å²) in [6.07, 6.45) is 5.34. The Labute approximate surface area is 68.9 Å². The zero-order valence-corrected chi connectivity index (χ0v) is 7.34. The summed E-state index contributed by atoms with van der Waals surface area (Å²) in [5.74, 6) is 0. The Balaban J connectivity index is 1.66. The summed E-state index contributed by atoms with van der Waals surface area (Å²) in [6.45, 7) is 5.01. The predicted molar refractivity (Wildman–Crippen MR) is 44.7 cm³/mol. The molecule has 0 spiro atoms. The highest BCUT2D eigenvalue weighted by molar-refractivity contribution is 4.67. The largest absolute Gasteiger partial charge is 0.381 e. The first-order valence-electron chi connectivity index (χ1n) is 4.63.